The summed E-state index contributed by atoms with van der Waals surface area (Å²) < 4.78 is 107. The first-order chi connectivity index (χ1) is 44.2. The van der Waals surface area contributed by atoms with Crippen LogP contribution in [0, 0.1) is 0 Å². The summed E-state index contributed by atoms with van der Waals surface area (Å²) in [6.07, 6.45) is 4.82. The van der Waals surface area contributed by atoms with E-state index in [0.717, 1.165) is 54.7 Å². The van der Waals surface area contributed by atoms with Crippen LogP contribution in [-0.4, -0.2) is 112 Å². The predicted octanol–water partition coefficient (Wildman–Crippen LogP) is 14.3. The van der Waals surface area contributed by atoms with Crippen LogP contribution in [0.5, 0.6) is 34.5 Å². The molecular formula is C68H65F3N6O13P2SSi. The van der Waals surface area contributed by atoms with Crippen molar-refractivity contribution in [1.29, 1.82) is 0 Å². The van der Waals surface area contributed by atoms with Gasteiger partial charge in [-0.3, -0.25) is 29.0 Å². The summed E-state index contributed by atoms with van der Waals surface area (Å²) in [5.74, 6) is -4.04. The van der Waals surface area contributed by atoms with Crippen LogP contribution in [0.25, 0.3) is 43.4 Å². The molecule has 2 aromatic heterocycles. The van der Waals surface area contributed by atoms with Crippen molar-refractivity contribution >= 4 is 110 Å². The lowest BCUT2D eigenvalue weighted by Crippen LogP contribution is -2.51. The maximum atomic E-state index is 14.2. The monoisotopic (exact) mass is 1350 g/mol. The van der Waals surface area contributed by atoms with Gasteiger partial charge in [-0.05, 0) is 112 Å². The number of aromatic hydroxyl groups is 2. The molecule has 0 radical (unpaired) electrons. The third-order valence-electron chi connectivity index (χ3n) is 16.5. The molecule has 0 atom stereocenters. The van der Waals surface area contributed by atoms with Crippen LogP contribution >= 0.6 is 14.3 Å². The highest BCUT2D eigenvalue weighted by Crippen LogP contribution is 2.51. The quantitative estimate of drug-likeness (QED) is 0.0318. The summed E-state index contributed by atoms with van der Waals surface area (Å²) in [7, 11) is -13.9. The number of ether oxygens (including phenoxy) is 1. The van der Waals surface area contributed by atoms with Crippen LogP contribution in [0.15, 0.2) is 159 Å². The van der Waals surface area contributed by atoms with Gasteiger partial charge in [-0.1, -0.05) is 139 Å². The van der Waals surface area contributed by atoms with Crippen molar-refractivity contribution in [1.82, 2.24) is 29.7 Å². The van der Waals surface area contributed by atoms with Crippen molar-refractivity contribution in [3.63, 3.8) is 0 Å². The van der Waals surface area contributed by atoms with Gasteiger partial charge < -0.3 is 32.7 Å². The van der Waals surface area contributed by atoms with Gasteiger partial charge >= 0.3 is 15.6 Å². The molecule has 4 amide bonds. The maximum absolute atomic E-state index is 14.2. The van der Waals surface area contributed by atoms with Gasteiger partial charge in [0.15, 0.2) is 17.2 Å². The van der Waals surface area contributed by atoms with E-state index in [1.807, 2.05) is 114 Å². The van der Waals surface area contributed by atoms with Crippen LogP contribution in [0.1, 0.15) is 94.1 Å². The molecule has 0 spiro atoms. The summed E-state index contributed by atoms with van der Waals surface area (Å²) in [5.41, 5.74) is -5.81. The Hall–Kier alpha value is -9.34. The lowest BCUT2D eigenvalue weighted by Gasteiger charge is -2.42. The molecule has 486 valence electrons. The van der Waals surface area contributed by atoms with Gasteiger partial charge in [-0.15, -0.1) is 0 Å². The van der Waals surface area contributed by atoms with E-state index < -0.39 is 84.5 Å². The molecule has 94 heavy (non-hydrogen) atoms. The average molecular weight is 1350 g/mol. The highest BCUT2D eigenvalue weighted by molar-refractivity contribution is 7.88. The zero-order valence-electron chi connectivity index (χ0n) is 52.7. The minimum Gasteiger partial charge on any atom is -0.541 e. The molecule has 0 aliphatic carbocycles. The Morgan fingerprint density at radius 1 is 0.532 bits per heavy atom. The molecule has 26 heteroatoms. The molecular weight excluding hydrogens is 1290 g/mol. The van der Waals surface area contributed by atoms with E-state index in [1.165, 1.54) is 12.5 Å². The van der Waals surface area contributed by atoms with E-state index in [4.69, 9.17) is 14.3 Å². The Bertz CT molecular complexity index is 4930. The Labute approximate surface area is 540 Å². The predicted molar refractivity (Wildman–Crippen MR) is 357 cm³/mol. The SMILES string of the molecule is CC(C)[Si](Oc1c2c(c(OS(=O)(=O)C(F)(F)F)c3cncnc13)C(=O)N(Cc1ccc3ccccc3c1)C2=O)(C(C)C)C(C)C.CP(C)(=O)c1cccc(O)c1.CP(C)(=O)c1cccc(Oc2c3c(c(O)c4ncncc24)C(=O)N(Cc2ccc4ccccc4c2)C3=O)c1. The highest BCUT2D eigenvalue weighted by atomic mass is 32.2. The number of nitrogens with zero attached hydrogens (tertiary/aromatic N) is 6. The lowest BCUT2D eigenvalue weighted by atomic mass is 10.0. The number of hydrogen-bond acceptors (Lipinski definition) is 17. The number of fused-ring (bicyclic) bond motifs is 6. The van der Waals surface area contributed by atoms with Gasteiger partial charge in [0.1, 0.15) is 71.9 Å². The highest BCUT2D eigenvalue weighted by Gasteiger charge is 2.53. The minimum absolute atomic E-state index is 0.00696. The molecule has 12 rings (SSSR count). The number of carbonyl (C=O) groups is 4. The van der Waals surface area contributed by atoms with Crippen molar-refractivity contribution in [2.24, 2.45) is 0 Å². The maximum Gasteiger partial charge on any atom is 0.534 e. The van der Waals surface area contributed by atoms with E-state index in [2.05, 4.69) is 24.1 Å². The van der Waals surface area contributed by atoms with Crippen LogP contribution in [0.4, 0.5) is 13.2 Å². The third-order valence-corrected chi connectivity index (χ3v) is 26.5. The number of imide groups is 2. The second kappa shape index (κ2) is 25.9. The van der Waals surface area contributed by atoms with Crippen LogP contribution < -0.4 is 24.0 Å². The van der Waals surface area contributed by atoms with Crippen molar-refractivity contribution < 1.29 is 73.5 Å². The first-order valence-electron chi connectivity index (χ1n) is 29.6. The Morgan fingerprint density at radius 2 is 0.968 bits per heavy atom. The Morgan fingerprint density at radius 3 is 1.44 bits per heavy atom. The molecule has 0 bridgehead atoms. The molecule has 2 N–H and O–H groups in total. The van der Waals surface area contributed by atoms with Gasteiger partial charge in [0.05, 0.1) is 29.4 Å². The summed E-state index contributed by atoms with van der Waals surface area (Å²) in [6.45, 7) is 18.4. The number of carbonyl (C=O) groups excluding carboxylic acids is 4. The fourth-order valence-corrected chi connectivity index (χ4v) is 19.5. The zero-order valence-corrected chi connectivity index (χ0v) is 56.3. The second-order valence-corrected chi connectivity index (χ2v) is 37.7. The van der Waals surface area contributed by atoms with E-state index >= 15 is 0 Å². The van der Waals surface area contributed by atoms with Gasteiger partial charge in [0.25, 0.3) is 31.9 Å². The Kier molecular flexibility index (Phi) is 18.6. The summed E-state index contributed by atoms with van der Waals surface area (Å²) in [6, 6.07) is 39.7. The summed E-state index contributed by atoms with van der Waals surface area (Å²) >= 11 is 0. The lowest BCUT2D eigenvalue weighted by molar-refractivity contribution is -0.0500. The first-order valence-corrected chi connectivity index (χ1v) is 38.3. The molecule has 2 aliphatic rings. The van der Waals surface area contributed by atoms with Crippen molar-refractivity contribution in [2.45, 2.75) is 76.8 Å². The van der Waals surface area contributed by atoms with Crippen molar-refractivity contribution in [3.05, 3.63) is 192 Å². The van der Waals surface area contributed by atoms with Crippen LogP contribution in [-0.2, 0) is 32.3 Å². The fourth-order valence-electron chi connectivity index (χ4n) is 12.0. The molecule has 10 aromatic rings. The van der Waals surface area contributed by atoms with Gasteiger partial charge in [0.2, 0.25) is 0 Å². The van der Waals surface area contributed by atoms with E-state index in [-0.39, 0.29) is 79.9 Å². The average Bonchev–Trinajstić information content (AvgIpc) is 1.49. The molecule has 4 heterocycles. The smallest absolute Gasteiger partial charge is 0.534 e. The van der Waals surface area contributed by atoms with Gasteiger partial charge in [-0.2, -0.15) is 21.6 Å². The number of amides is 4. The van der Waals surface area contributed by atoms with Crippen LogP contribution in [0.3, 0.4) is 0 Å². The topological polar surface area (TPSA) is 263 Å². The number of rotatable bonds is 15. The third kappa shape index (κ3) is 13.0. The van der Waals surface area contributed by atoms with Crippen molar-refractivity contribution in [2.75, 3.05) is 26.7 Å². The van der Waals surface area contributed by atoms with Crippen LogP contribution in [0.2, 0.25) is 16.6 Å². The van der Waals surface area contributed by atoms with E-state index in [1.54, 1.807) is 87.3 Å². The number of alkyl halides is 3. The minimum atomic E-state index is -6.26. The normalized spacial score (nSPS) is 13.6. The number of benzene rings is 8. The van der Waals surface area contributed by atoms with Gasteiger partial charge in [-0.25, -0.2) is 19.9 Å². The summed E-state index contributed by atoms with van der Waals surface area (Å²) in [5, 5.41) is 25.2. The molecule has 0 saturated carbocycles. The number of hydrogen-bond donors (Lipinski definition) is 2. The molecule has 0 unspecified atom stereocenters. The molecule has 2 aliphatic heterocycles. The first kappa shape index (κ1) is 67.5. The molecule has 8 aromatic carbocycles. The fraction of sp³-hybridized carbons (Fsp3) is 0.235. The molecule has 0 saturated heterocycles. The zero-order chi connectivity index (χ0) is 68.1. The van der Waals surface area contributed by atoms with Crippen molar-refractivity contribution in [3.8, 4) is 34.5 Å². The Balaban J connectivity index is 0.000000178. The largest absolute Gasteiger partial charge is 0.541 e. The summed E-state index contributed by atoms with van der Waals surface area (Å²) in [4.78, 5) is 73.8. The number of phenolic OH excluding ortho intramolecular Hbond substituents is 2. The van der Waals surface area contributed by atoms with E-state index in [0.29, 0.717) is 16.6 Å². The number of phenols is 2. The molecule has 0 fully saturated rings. The number of halogens is 3. The molecule has 19 nitrogen and oxygen atoms in total. The van der Waals surface area contributed by atoms with E-state index in [9.17, 15) is 55.0 Å². The van der Waals surface area contributed by atoms with Gasteiger partial charge in [0, 0.05) is 23.0 Å². The second-order valence-electron chi connectivity index (χ2n) is 24.4. The standard InChI is InChI=1S/C31H32F3N3O6SSi.C29H22N3O5P.C8H11O2P/c1-17(2)45(18(3)4,19(5)6)43-28-25-24(27(23-14-35-16-36-26(23)28)42-44(40,41)31(32,33)34)29(38)37(30(25)39)15-20-11-12-21-9-7-8-10-22(21)13-20;1-38(2,36)21-9-5-8-20(13-21)37-27-22-14-30-16-31-25(22)26(33)23-24(27)29(35)32(28(23)34)15-17-10-11-18-6-3-4-7-19(18)12-17;1-11(2,10)8-5-3-4-7(9)6-8/h7-14,16-19H,15H2,1-6H3;3-14,16,33H,15H2,1-2H3;3-6,9H,1-2H3. The number of aromatic nitrogens is 4.